The predicted molar refractivity (Wildman–Crippen MR) is 157 cm³/mol. The first-order valence-corrected chi connectivity index (χ1v) is 13.6. The number of rotatable bonds is 6. The number of carbonyl (C=O) groups excluding carboxylic acids is 2. The van der Waals surface area contributed by atoms with Gasteiger partial charge in [-0.3, -0.25) is 9.59 Å². The normalized spacial score (nSPS) is 12.3. The molecule has 5 heteroatoms. The lowest BCUT2D eigenvalue weighted by atomic mass is 9.36. The molecule has 1 aliphatic heterocycles. The average Bonchev–Trinajstić information content (AvgIpc) is 3.09. The molecule has 0 unspecified atom stereocenters. The van der Waals surface area contributed by atoms with Gasteiger partial charge in [-0.05, 0) is 82.7 Å². The Balaban J connectivity index is 2.11. The minimum Gasteiger partial charge on any atom is -0.426 e. The summed E-state index contributed by atoms with van der Waals surface area (Å²) in [5.74, 6) is 1.54. The third-order valence-corrected chi connectivity index (χ3v) is 7.58. The molecule has 3 aromatic carbocycles. The lowest BCUT2D eigenvalue weighted by Gasteiger charge is -2.27. The van der Waals surface area contributed by atoms with E-state index in [1.54, 1.807) is 0 Å². The first kappa shape index (κ1) is 27.7. The van der Waals surface area contributed by atoms with E-state index in [-0.39, 0.29) is 18.7 Å². The third kappa shape index (κ3) is 5.03. The number of fused-ring (bicyclic) bond motifs is 3. The maximum Gasteiger partial charge on any atom is 0.308 e. The number of benzene rings is 3. The Morgan fingerprint density at radius 3 is 1.34 bits per heavy atom. The molecule has 1 heterocycles. The monoisotopic (exact) mass is 510 g/mol. The molecular weight excluding hydrogens is 471 g/mol. The maximum absolute atomic E-state index is 11.9. The number of carbonyl (C=O) groups is 2. The fourth-order valence-electron chi connectivity index (χ4n) is 5.72. The van der Waals surface area contributed by atoms with Gasteiger partial charge in [0.2, 0.25) is 6.71 Å². The van der Waals surface area contributed by atoms with E-state index in [0.29, 0.717) is 29.3 Å². The van der Waals surface area contributed by atoms with Crippen LogP contribution in [0.3, 0.4) is 0 Å². The largest absolute Gasteiger partial charge is 0.426 e. The molecule has 1 aliphatic rings. The van der Waals surface area contributed by atoms with Crippen molar-refractivity contribution in [3.05, 3.63) is 64.2 Å². The van der Waals surface area contributed by atoms with Gasteiger partial charge in [-0.25, -0.2) is 0 Å². The molecule has 0 saturated carbocycles. The summed E-state index contributed by atoms with van der Waals surface area (Å²) in [4.78, 5) is 23.7. The predicted octanol–water partition coefficient (Wildman–Crippen LogP) is 6.02. The molecular formula is C33H39BO4. The van der Waals surface area contributed by atoms with Crippen LogP contribution in [0.1, 0.15) is 101 Å². The summed E-state index contributed by atoms with van der Waals surface area (Å²) in [6, 6.07) is 13.1. The molecule has 3 aromatic rings. The minimum absolute atomic E-state index is 0.0196. The van der Waals surface area contributed by atoms with Gasteiger partial charge in [-0.2, -0.15) is 0 Å². The molecule has 198 valence electrons. The van der Waals surface area contributed by atoms with Crippen LogP contribution >= 0.6 is 0 Å². The van der Waals surface area contributed by atoms with E-state index in [2.05, 4.69) is 65.8 Å². The smallest absolute Gasteiger partial charge is 0.308 e. The molecule has 0 atom stereocenters. The van der Waals surface area contributed by atoms with E-state index < -0.39 is 0 Å². The van der Waals surface area contributed by atoms with E-state index in [0.717, 1.165) is 22.3 Å². The third-order valence-electron chi connectivity index (χ3n) is 7.58. The molecule has 0 bridgehead atoms. The van der Waals surface area contributed by atoms with E-state index in [4.69, 9.17) is 9.47 Å². The molecule has 0 amide bonds. The Bertz CT molecular complexity index is 1330. The van der Waals surface area contributed by atoms with Gasteiger partial charge in [0.25, 0.3) is 0 Å². The molecule has 0 N–H and O–H groups in total. The van der Waals surface area contributed by atoms with E-state index in [1.807, 2.05) is 26.0 Å². The van der Waals surface area contributed by atoms with Crippen LogP contribution < -0.4 is 25.9 Å². The number of hydrogen-bond acceptors (Lipinski definition) is 4. The van der Waals surface area contributed by atoms with Crippen molar-refractivity contribution < 1.29 is 19.1 Å². The van der Waals surface area contributed by atoms with Crippen LogP contribution in [-0.2, 0) is 9.59 Å². The van der Waals surface area contributed by atoms with E-state index in [9.17, 15) is 9.59 Å². The Kier molecular flexibility index (Phi) is 7.61. The van der Waals surface area contributed by atoms with Gasteiger partial charge in [-0.15, -0.1) is 0 Å². The Morgan fingerprint density at radius 1 is 0.632 bits per heavy atom. The standard InChI is InChI=1S/C33H39BO4/c1-17(2)24-13-25(18(3)4)33(26(14-24)19(5)6)34-29-11-20(7)31(37-22(9)35)15-27(29)28-16-32(38-23(10)36)21(8)12-30(28)34/h11-19H,1-10H3. The van der Waals surface area contributed by atoms with Crippen LogP contribution in [0.2, 0.25) is 0 Å². The second-order valence-electron chi connectivity index (χ2n) is 11.6. The van der Waals surface area contributed by atoms with Crippen LogP contribution in [0.5, 0.6) is 11.5 Å². The maximum atomic E-state index is 11.9. The molecule has 0 spiro atoms. The van der Waals surface area contributed by atoms with Gasteiger partial charge in [-0.1, -0.05) is 82.2 Å². The molecule has 0 saturated heterocycles. The van der Waals surface area contributed by atoms with Crippen LogP contribution in [-0.4, -0.2) is 18.7 Å². The Hall–Kier alpha value is -3.34. The van der Waals surface area contributed by atoms with Crippen molar-refractivity contribution >= 4 is 35.0 Å². The van der Waals surface area contributed by atoms with Crippen molar-refractivity contribution in [2.45, 2.75) is 87.0 Å². The first-order chi connectivity index (χ1) is 17.8. The van der Waals surface area contributed by atoms with Crippen molar-refractivity contribution in [3.8, 4) is 22.6 Å². The average molecular weight is 510 g/mol. The van der Waals surface area contributed by atoms with Gasteiger partial charge in [0.1, 0.15) is 11.5 Å². The lowest BCUT2D eigenvalue weighted by Crippen LogP contribution is -2.52. The summed E-state index contributed by atoms with van der Waals surface area (Å²) < 4.78 is 11.2. The zero-order valence-corrected chi connectivity index (χ0v) is 24.4. The molecule has 0 aromatic heterocycles. The summed E-state index contributed by atoms with van der Waals surface area (Å²) in [7, 11) is 0. The summed E-state index contributed by atoms with van der Waals surface area (Å²) in [5.41, 5.74) is 11.7. The Morgan fingerprint density at radius 2 is 1.03 bits per heavy atom. The zero-order valence-electron chi connectivity index (χ0n) is 24.4. The summed E-state index contributed by atoms with van der Waals surface area (Å²) >= 11 is 0. The highest BCUT2D eigenvalue weighted by Crippen LogP contribution is 2.35. The van der Waals surface area contributed by atoms with Crippen LogP contribution in [0.15, 0.2) is 36.4 Å². The molecule has 0 radical (unpaired) electrons. The van der Waals surface area contributed by atoms with Crippen molar-refractivity contribution in [1.29, 1.82) is 0 Å². The van der Waals surface area contributed by atoms with Gasteiger partial charge in [0, 0.05) is 13.8 Å². The fourth-order valence-corrected chi connectivity index (χ4v) is 5.72. The minimum atomic E-state index is -0.346. The highest BCUT2D eigenvalue weighted by molar-refractivity contribution is 6.99. The SMILES string of the molecule is CC(=O)Oc1cc2c(cc1C)B(c1c(C(C)C)cc(C(C)C)cc1C(C)C)c1cc(C)c(OC(C)=O)cc1-2. The zero-order chi connectivity index (χ0) is 28.0. The molecule has 4 rings (SSSR count). The fraction of sp³-hybridized carbons (Fsp3) is 0.394. The second kappa shape index (κ2) is 10.4. The molecule has 0 aliphatic carbocycles. The van der Waals surface area contributed by atoms with Crippen LogP contribution in [0, 0.1) is 13.8 Å². The molecule has 4 nitrogen and oxygen atoms in total. The number of ether oxygens (including phenoxy) is 2. The Labute approximate surface area is 227 Å². The van der Waals surface area contributed by atoms with E-state index >= 15 is 0 Å². The quantitative estimate of drug-likeness (QED) is 0.181. The van der Waals surface area contributed by atoms with Gasteiger partial charge >= 0.3 is 11.9 Å². The van der Waals surface area contributed by atoms with Gasteiger partial charge < -0.3 is 9.47 Å². The van der Waals surface area contributed by atoms with Crippen LogP contribution in [0.4, 0.5) is 0 Å². The number of esters is 2. The second-order valence-corrected chi connectivity index (χ2v) is 11.6. The van der Waals surface area contributed by atoms with Gasteiger partial charge in [0.15, 0.2) is 0 Å². The van der Waals surface area contributed by atoms with Crippen molar-refractivity contribution in [2.75, 3.05) is 0 Å². The summed E-state index contributed by atoms with van der Waals surface area (Å²) in [5, 5.41) is 0. The van der Waals surface area contributed by atoms with Crippen molar-refractivity contribution in [2.24, 2.45) is 0 Å². The van der Waals surface area contributed by atoms with Crippen molar-refractivity contribution in [3.63, 3.8) is 0 Å². The van der Waals surface area contributed by atoms with Crippen molar-refractivity contribution in [1.82, 2.24) is 0 Å². The number of hydrogen-bond donors (Lipinski definition) is 0. The molecule has 0 fully saturated rings. The number of aryl methyl sites for hydroxylation is 2. The summed E-state index contributed by atoms with van der Waals surface area (Å²) in [6.45, 7) is 20.4. The van der Waals surface area contributed by atoms with E-state index in [1.165, 1.54) is 46.9 Å². The first-order valence-electron chi connectivity index (χ1n) is 13.6. The highest BCUT2D eigenvalue weighted by atomic mass is 16.5. The summed E-state index contributed by atoms with van der Waals surface area (Å²) in [6.07, 6.45) is 0. The van der Waals surface area contributed by atoms with Gasteiger partial charge in [0.05, 0.1) is 0 Å². The highest BCUT2D eigenvalue weighted by Gasteiger charge is 2.38. The molecule has 38 heavy (non-hydrogen) atoms. The van der Waals surface area contributed by atoms with Crippen LogP contribution in [0.25, 0.3) is 11.1 Å². The lowest BCUT2D eigenvalue weighted by molar-refractivity contribution is -0.132. The topological polar surface area (TPSA) is 52.6 Å².